The van der Waals surface area contributed by atoms with Crippen LogP contribution in [0.25, 0.3) is 0 Å². The monoisotopic (exact) mass is 244 g/mol. The normalized spacial score (nSPS) is 20.8. The van der Waals surface area contributed by atoms with Crippen LogP contribution in [0.3, 0.4) is 0 Å². The molecular weight excluding hydrogens is 220 g/mol. The zero-order valence-electron chi connectivity index (χ0n) is 11.4. The second-order valence-electron chi connectivity index (χ2n) is 5.84. The molecule has 1 fully saturated rings. The summed E-state index contributed by atoms with van der Waals surface area (Å²) in [5.41, 5.74) is 4.73. The van der Waals surface area contributed by atoms with Crippen LogP contribution >= 0.6 is 0 Å². The summed E-state index contributed by atoms with van der Waals surface area (Å²) in [5.74, 6) is 0.894. The molecule has 2 nitrogen and oxygen atoms in total. The number of fused-ring (bicyclic) bond motifs is 1. The summed E-state index contributed by atoms with van der Waals surface area (Å²) < 4.78 is 0. The molecule has 0 aromatic heterocycles. The fourth-order valence-electron chi connectivity index (χ4n) is 3.47. The smallest absolute Gasteiger partial charge is 0.0398 e. The summed E-state index contributed by atoms with van der Waals surface area (Å²) in [5, 5.41) is 3.46. The molecule has 18 heavy (non-hydrogen) atoms. The summed E-state index contributed by atoms with van der Waals surface area (Å²) in [6, 6.07) is 6.90. The number of rotatable bonds is 2. The van der Waals surface area contributed by atoms with Crippen molar-refractivity contribution in [2.75, 3.05) is 31.6 Å². The summed E-state index contributed by atoms with van der Waals surface area (Å²) in [6.07, 6.45) is 6.57. The van der Waals surface area contributed by atoms with E-state index in [2.05, 4.69) is 35.5 Å². The van der Waals surface area contributed by atoms with Crippen LogP contribution in [0.5, 0.6) is 0 Å². The van der Waals surface area contributed by atoms with Crippen molar-refractivity contribution in [1.82, 2.24) is 5.32 Å². The molecule has 1 saturated heterocycles. The summed E-state index contributed by atoms with van der Waals surface area (Å²) >= 11 is 0. The van der Waals surface area contributed by atoms with Crippen LogP contribution in [0.4, 0.5) is 5.69 Å². The van der Waals surface area contributed by atoms with Gasteiger partial charge >= 0.3 is 0 Å². The highest BCUT2D eigenvalue weighted by atomic mass is 15.1. The van der Waals surface area contributed by atoms with Gasteiger partial charge in [-0.15, -0.1) is 0 Å². The molecule has 0 bridgehead atoms. The molecule has 0 spiro atoms. The van der Waals surface area contributed by atoms with E-state index in [1.165, 1.54) is 57.4 Å². The highest BCUT2D eigenvalue weighted by molar-refractivity contribution is 5.58. The van der Waals surface area contributed by atoms with Crippen molar-refractivity contribution in [3.8, 4) is 0 Å². The van der Waals surface area contributed by atoms with Gasteiger partial charge in [-0.25, -0.2) is 0 Å². The predicted octanol–water partition coefficient (Wildman–Crippen LogP) is 2.61. The lowest BCUT2D eigenvalue weighted by molar-refractivity contribution is 0.372. The second kappa shape index (κ2) is 5.31. The number of anilines is 1. The first-order valence-corrected chi connectivity index (χ1v) is 7.37. The third-order valence-corrected chi connectivity index (χ3v) is 4.55. The van der Waals surface area contributed by atoms with E-state index < -0.39 is 0 Å². The Hall–Kier alpha value is -1.02. The van der Waals surface area contributed by atoms with E-state index in [1.54, 1.807) is 11.1 Å². The van der Waals surface area contributed by atoms with Crippen LogP contribution < -0.4 is 10.2 Å². The number of hydrogen-bond acceptors (Lipinski definition) is 2. The third kappa shape index (κ3) is 2.39. The average Bonchev–Trinajstić information content (AvgIpc) is 2.41. The van der Waals surface area contributed by atoms with Crippen LogP contribution in [0.2, 0.25) is 0 Å². The minimum atomic E-state index is 0.894. The molecule has 0 unspecified atom stereocenters. The zero-order chi connectivity index (χ0) is 12.4. The van der Waals surface area contributed by atoms with Crippen LogP contribution in [-0.2, 0) is 12.8 Å². The van der Waals surface area contributed by atoms with Gasteiger partial charge in [-0.2, -0.15) is 0 Å². The van der Waals surface area contributed by atoms with E-state index in [-0.39, 0.29) is 0 Å². The molecule has 1 aromatic rings. The van der Waals surface area contributed by atoms with Gasteiger partial charge in [0.1, 0.15) is 0 Å². The Labute approximate surface area is 110 Å². The zero-order valence-corrected chi connectivity index (χ0v) is 11.4. The van der Waals surface area contributed by atoms with Crippen LogP contribution in [0, 0.1) is 5.92 Å². The highest BCUT2D eigenvalue weighted by Crippen LogP contribution is 2.31. The maximum Gasteiger partial charge on any atom is 0.0398 e. The van der Waals surface area contributed by atoms with Gasteiger partial charge in [0.25, 0.3) is 0 Å². The molecular formula is C16H24N2. The van der Waals surface area contributed by atoms with E-state index in [9.17, 15) is 0 Å². The molecule has 1 aromatic carbocycles. The van der Waals surface area contributed by atoms with Gasteiger partial charge in [-0.1, -0.05) is 12.1 Å². The first-order valence-electron chi connectivity index (χ1n) is 7.37. The van der Waals surface area contributed by atoms with E-state index in [0.717, 1.165) is 5.92 Å². The molecule has 0 atom stereocenters. The molecule has 3 rings (SSSR count). The van der Waals surface area contributed by atoms with E-state index in [1.807, 2.05) is 0 Å². The maximum absolute atomic E-state index is 3.46. The van der Waals surface area contributed by atoms with Gasteiger partial charge in [0.15, 0.2) is 0 Å². The Bertz CT molecular complexity index is 408. The van der Waals surface area contributed by atoms with Gasteiger partial charge in [-0.05, 0) is 68.3 Å². The molecule has 0 aliphatic carbocycles. The molecule has 2 heterocycles. The van der Waals surface area contributed by atoms with E-state index >= 15 is 0 Å². The van der Waals surface area contributed by atoms with Crippen molar-refractivity contribution in [3.63, 3.8) is 0 Å². The van der Waals surface area contributed by atoms with Gasteiger partial charge < -0.3 is 10.2 Å². The number of hydrogen-bond donors (Lipinski definition) is 1. The second-order valence-corrected chi connectivity index (χ2v) is 5.84. The standard InChI is InChI=1S/C16H24N2/c1-18-11-3-5-15-14(4-2-6-16(15)18)12-13-7-9-17-10-8-13/h2,4,6,13,17H,3,5,7-12H2,1H3. The van der Waals surface area contributed by atoms with Crippen molar-refractivity contribution in [2.24, 2.45) is 5.92 Å². The fourth-order valence-corrected chi connectivity index (χ4v) is 3.47. The highest BCUT2D eigenvalue weighted by Gasteiger charge is 2.19. The van der Waals surface area contributed by atoms with Crippen molar-refractivity contribution in [3.05, 3.63) is 29.3 Å². The summed E-state index contributed by atoms with van der Waals surface area (Å²) in [4.78, 5) is 2.42. The molecule has 2 heteroatoms. The molecule has 98 valence electrons. The Morgan fingerprint density at radius 3 is 2.94 bits per heavy atom. The van der Waals surface area contributed by atoms with E-state index in [0.29, 0.717) is 0 Å². The van der Waals surface area contributed by atoms with Gasteiger partial charge in [0.05, 0.1) is 0 Å². The molecule has 0 amide bonds. The third-order valence-electron chi connectivity index (χ3n) is 4.55. The molecule has 2 aliphatic rings. The van der Waals surface area contributed by atoms with Gasteiger partial charge in [-0.3, -0.25) is 0 Å². The molecule has 0 saturated carbocycles. The van der Waals surface area contributed by atoms with Crippen molar-refractivity contribution in [1.29, 1.82) is 0 Å². The van der Waals surface area contributed by atoms with Crippen LogP contribution in [0.15, 0.2) is 18.2 Å². The minimum Gasteiger partial charge on any atom is -0.374 e. The Morgan fingerprint density at radius 1 is 1.28 bits per heavy atom. The lowest BCUT2D eigenvalue weighted by atomic mass is 9.86. The SMILES string of the molecule is CN1CCCc2c(CC3CCNCC3)cccc21. The topological polar surface area (TPSA) is 15.3 Å². The Balaban J connectivity index is 1.81. The maximum atomic E-state index is 3.46. The number of nitrogens with one attached hydrogen (secondary N) is 1. The van der Waals surface area contributed by atoms with E-state index in [4.69, 9.17) is 0 Å². The lowest BCUT2D eigenvalue weighted by Crippen LogP contribution is -2.29. The average molecular weight is 244 g/mol. The largest absolute Gasteiger partial charge is 0.374 e. The first-order chi connectivity index (χ1) is 8.84. The number of nitrogens with zero attached hydrogens (tertiary/aromatic N) is 1. The number of benzene rings is 1. The van der Waals surface area contributed by atoms with Crippen molar-refractivity contribution < 1.29 is 0 Å². The van der Waals surface area contributed by atoms with Crippen LogP contribution in [0.1, 0.15) is 30.4 Å². The Kier molecular flexibility index (Phi) is 3.55. The molecule has 2 aliphatic heterocycles. The van der Waals surface area contributed by atoms with Gasteiger partial charge in [0.2, 0.25) is 0 Å². The molecule has 0 radical (unpaired) electrons. The summed E-state index contributed by atoms with van der Waals surface area (Å²) in [7, 11) is 2.23. The van der Waals surface area contributed by atoms with Crippen molar-refractivity contribution in [2.45, 2.75) is 32.1 Å². The van der Waals surface area contributed by atoms with Crippen LogP contribution in [-0.4, -0.2) is 26.7 Å². The number of piperidine rings is 1. The summed E-state index contributed by atoms with van der Waals surface area (Å²) in [6.45, 7) is 3.63. The van der Waals surface area contributed by atoms with Gasteiger partial charge in [0, 0.05) is 19.3 Å². The minimum absolute atomic E-state index is 0.894. The molecule has 1 N–H and O–H groups in total. The predicted molar refractivity (Wildman–Crippen MR) is 77.3 cm³/mol. The van der Waals surface area contributed by atoms with Crippen molar-refractivity contribution >= 4 is 5.69 Å². The Morgan fingerprint density at radius 2 is 2.11 bits per heavy atom. The quantitative estimate of drug-likeness (QED) is 0.860. The first kappa shape index (κ1) is 12.0. The lowest BCUT2D eigenvalue weighted by Gasteiger charge is -2.30. The fraction of sp³-hybridized carbons (Fsp3) is 0.625.